The summed E-state index contributed by atoms with van der Waals surface area (Å²) in [4.78, 5) is 17.1. The molecule has 1 heterocycles. The molecule has 0 fully saturated rings. The van der Waals surface area contributed by atoms with Gasteiger partial charge in [0.05, 0.1) is 5.02 Å². The molecule has 1 N–H and O–H groups in total. The van der Waals surface area contributed by atoms with Crippen molar-refractivity contribution in [2.24, 2.45) is 0 Å². The Hall–Kier alpha value is -1.30. The molecular weight excluding hydrogens is 319 g/mol. The monoisotopic (exact) mass is 330 g/mol. The second kappa shape index (κ2) is 6.43. The minimum atomic E-state index is -0.696. The van der Waals surface area contributed by atoms with E-state index in [2.05, 4.69) is 10.3 Å². The Bertz CT molecular complexity index is 631. The topological polar surface area (TPSA) is 51.2 Å². The number of halogens is 2. The average molecular weight is 331 g/mol. The summed E-state index contributed by atoms with van der Waals surface area (Å²) in [5, 5.41) is 4.11. The molecule has 20 heavy (non-hydrogen) atoms. The van der Waals surface area contributed by atoms with Crippen LogP contribution in [0.15, 0.2) is 24.4 Å². The first-order valence-electron chi connectivity index (χ1n) is 5.80. The smallest absolute Gasteiger partial charge is 0.266 e. The maximum Gasteiger partial charge on any atom is 0.266 e. The van der Waals surface area contributed by atoms with Crippen LogP contribution in [-0.4, -0.2) is 17.0 Å². The molecule has 1 atom stereocenters. The van der Waals surface area contributed by atoms with E-state index in [0.29, 0.717) is 20.9 Å². The lowest BCUT2D eigenvalue weighted by atomic mass is 10.3. The second-order valence-electron chi connectivity index (χ2n) is 4.10. The lowest BCUT2D eigenvalue weighted by molar-refractivity contribution is -0.122. The fraction of sp³-hybridized carbons (Fsp3) is 0.231. The number of amides is 1. The zero-order valence-electron chi connectivity index (χ0n) is 10.8. The Morgan fingerprint density at radius 1 is 1.45 bits per heavy atom. The number of nitrogens with one attached hydrogen (secondary N) is 1. The van der Waals surface area contributed by atoms with Gasteiger partial charge in [0, 0.05) is 16.1 Å². The summed E-state index contributed by atoms with van der Waals surface area (Å²) in [5.41, 5.74) is 0. The predicted octanol–water partition coefficient (Wildman–Crippen LogP) is 4.16. The van der Waals surface area contributed by atoms with Gasteiger partial charge in [-0.2, -0.15) is 0 Å². The molecule has 4 nitrogen and oxygen atoms in total. The van der Waals surface area contributed by atoms with Crippen molar-refractivity contribution in [1.29, 1.82) is 0 Å². The SMILES string of the molecule is Cc1cnc(NC(=O)[C@H](C)Oc2ccc(Cl)cc2Cl)s1. The van der Waals surface area contributed by atoms with Gasteiger partial charge in [-0.15, -0.1) is 11.3 Å². The standard InChI is InChI=1S/C13H12Cl2N2O2S/c1-7-6-16-13(20-7)17-12(18)8(2)19-11-4-3-9(14)5-10(11)15/h3-6,8H,1-2H3,(H,16,17,18)/t8-/m0/s1. The molecule has 0 aliphatic heterocycles. The highest BCUT2D eigenvalue weighted by Gasteiger charge is 2.17. The van der Waals surface area contributed by atoms with Gasteiger partial charge in [-0.3, -0.25) is 10.1 Å². The number of rotatable bonds is 4. The summed E-state index contributed by atoms with van der Waals surface area (Å²) in [7, 11) is 0. The van der Waals surface area contributed by atoms with E-state index in [1.54, 1.807) is 31.3 Å². The number of benzene rings is 1. The van der Waals surface area contributed by atoms with Crippen molar-refractivity contribution in [3.63, 3.8) is 0 Å². The summed E-state index contributed by atoms with van der Waals surface area (Å²) in [6, 6.07) is 4.84. The summed E-state index contributed by atoms with van der Waals surface area (Å²) in [5.74, 6) is 0.124. The van der Waals surface area contributed by atoms with E-state index in [-0.39, 0.29) is 5.91 Å². The molecule has 2 rings (SSSR count). The second-order valence-corrected chi connectivity index (χ2v) is 6.18. The fourth-order valence-corrected chi connectivity index (χ4v) is 2.55. The van der Waals surface area contributed by atoms with E-state index in [9.17, 15) is 4.79 Å². The van der Waals surface area contributed by atoms with E-state index < -0.39 is 6.10 Å². The van der Waals surface area contributed by atoms with Crippen LogP contribution in [0.4, 0.5) is 5.13 Å². The van der Waals surface area contributed by atoms with E-state index >= 15 is 0 Å². The Kier molecular flexibility index (Phi) is 4.86. The van der Waals surface area contributed by atoms with Crippen molar-refractivity contribution in [2.45, 2.75) is 20.0 Å². The highest BCUT2D eigenvalue weighted by atomic mass is 35.5. The first-order valence-corrected chi connectivity index (χ1v) is 7.38. The number of carbonyl (C=O) groups excluding carboxylic acids is 1. The Labute approximate surface area is 130 Å². The first kappa shape index (κ1) is 15.1. The molecule has 106 valence electrons. The first-order chi connectivity index (χ1) is 9.45. The average Bonchev–Trinajstić information content (AvgIpc) is 2.78. The molecule has 2 aromatic rings. The van der Waals surface area contributed by atoms with Gasteiger partial charge in [-0.1, -0.05) is 23.2 Å². The molecule has 0 aliphatic carbocycles. The zero-order valence-corrected chi connectivity index (χ0v) is 13.1. The zero-order chi connectivity index (χ0) is 14.7. The van der Waals surface area contributed by atoms with Gasteiger partial charge in [-0.05, 0) is 32.0 Å². The lowest BCUT2D eigenvalue weighted by Gasteiger charge is -2.14. The number of aryl methyl sites for hydroxylation is 1. The fourth-order valence-electron chi connectivity index (χ4n) is 1.43. The molecular formula is C13H12Cl2N2O2S. The maximum atomic E-state index is 12.0. The van der Waals surface area contributed by atoms with Crippen molar-refractivity contribution >= 4 is 45.6 Å². The number of carbonyl (C=O) groups is 1. The third kappa shape index (κ3) is 3.85. The number of hydrogen-bond acceptors (Lipinski definition) is 4. The molecule has 0 radical (unpaired) electrons. The molecule has 0 saturated carbocycles. The molecule has 0 bridgehead atoms. The number of thiazole rings is 1. The predicted molar refractivity (Wildman–Crippen MR) is 82.0 cm³/mol. The van der Waals surface area contributed by atoms with E-state index in [4.69, 9.17) is 27.9 Å². The van der Waals surface area contributed by atoms with Crippen LogP contribution in [0.5, 0.6) is 5.75 Å². The van der Waals surface area contributed by atoms with Crippen LogP contribution < -0.4 is 10.1 Å². The molecule has 7 heteroatoms. The number of anilines is 1. The highest BCUT2D eigenvalue weighted by molar-refractivity contribution is 7.15. The van der Waals surface area contributed by atoms with Crippen molar-refractivity contribution in [3.8, 4) is 5.75 Å². The Morgan fingerprint density at radius 2 is 2.20 bits per heavy atom. The number of aromatic nitrogens is 1. The van der Waals surface area contributed by atoms with Crippen LogP contribution in [0, 0.1) is 6.92 Å². The lowest BCUT2D eigenvalue weighted by Crippen LogP contribution is -2.30. The van der Waals surface area contributed by atoms with Gasteiger partial charge in [-0.25, -0.2) is 4.98 Å². The molecule has 0 aliphatic rings. The minimum Gasteiger partial charge on any atom is -0.479 e. The summed E-state index contributed by atoms with van der Waals surface area (Å²) < 4.78 is 5.52. The van der Waals surface area contributed by atoms with Crippen molar-refractivity contribution in [3.05, 3.63) is 39.3 Å². The Balaban J connectivity index is 2.00. The minimum absolute atomic E-state index is 0.287. The highest BCUT2D eigenvalue weighted by Crippen LogP contribution is 2.28. The molecule has 0 spiro atoms. The van der Waals surface area contributed by atoms with Gasteiger partial charge < -0.3 is 4.74 Å². The van der Waals surface area contributed by atoms with Crippen molar-refractivity contribution in [2.75, 3.05) is 5.32 Å². The quantitative estimate of drug-likeness (QED) is 0.915. The number of hydrogen-bond donors (Lipinski definition) is 1. The third-order valence-electron chi connectivity index (χ3n) is 2.42. The van der Waals surface area contributed by atoms with E-state index in [1.165, 1.54) is 11.3 Å². The van der Waals surface area contributed by atoms with Crippen LogP contribution >= 0.6 is 34.5 Å². The van der Waals surface area contributed by atoms with E-state index in [0.717, 1.165) is 4.88 Å². The van der Waals surface area contributed by atoms with Crippen LogP contribution in [0.25, 0.3) is 0 Å². The molecule has 0 saturated heterocycles. The molecule has 1 amide bonds. The van der Waals surface area contributed by atoms with Gasteiger partial charge in [0.15, 0.2) is 11.2 Å². The van der Waals surface area contributed by atoms with Crippen LogP contribution in [0.3, 0.4) is 0 Å². The molecule has 0 unspecified atom stereocenters. The third-order valence-corrected chi connectivity index (χ3v) is 3.78. The summed E-state index contributed by atoms with van der Waals surface area (Å²) in [6.45, 7) is 3.56. The number of nitrogens with zero attached hydrogens (tertiary/aromatic N) is 1. The molecule has 1 aromatic heterocycles. The van der Waals surface area contributed by atoms with E-state index in [1.807, 2.05) is 6.92 Å². The van der Waals surface area contributed by atoms with Gasteiger partial charge in [0.1, 0.15) is 5.75 Å². The normalized spacial score (nSPS) is 12.0. The van der Waals surface area contributed by atoms with Crippen LogP contribution in [0.1, 0.15) is 11.8 Å². The maximum absolute atomic E-state index is 12.0. The summed E-state index contributed by atoms with van der Waals surface area (Å²) in [6.07, 6.45) is 1.000. The molecule has 1 aromatic carbocycles. The summed E-state index contributed by atoms with van der Waals surface area (Å²) >= 11 is 13.2. The van der Waals surface area contributed by atoms with Crippen LogP contribution in [-0.2, 0) is 4.79 Å². The number of ether oxygens (including phenoxy) is 1. The largest absolute Gasteiger partial charge is 0.479 e. The van der Waals surface area contributed by atoms with Crippen LogP contribution in [0.2, 0.25) is 10.0 Å². The van der Waals surface area contributed by atoms with Gasteiger partial charge in [0.2, 0.25) is 0 Å². The van der Waals surface area contributed by atoms with Gasteiger partial charge in [0.25, 0.3) is 5.91 Å². The van der Waals surface area contributed by atoms with Crippen molar-refractivity contribution in [1.82, 2.24) is 4.98 Å². The van der Waals surface area contributed by atoms with Crippen molar-refractivity contribution < 1.29 is 9.53 Å². The Morgan fingerprint density at radius 3 is 2.80 bits per heavy atom. The van der Waals surface area contributed by atoms with Gasteiger partial charge >= 0.3 is 0 Å².